The van der Waals surface area contributed by atoms with Crippen LogP contribution < -0.4 is 15.1 Å². The van der Waals surface area contributed by atoms with E-state index in [0.29, 0.717) is 32.1 Å². The molecule has 1 aliphatic heterocycles. The molecule has 0 unspecified atom stereocenters. The van der Waals surface area contributed by atoms with Crippen molar-refractivity contribution in [3.8, 4) is 0 Å². The van der Waals surface area contributed by atoms with Gasteiger partial charge in [0.1, 0.15) is 0 Å². The number of carbonyl (C=O) groups excluding carboxylic acids is 1. The average Bonchev–Trinajstić information content (AvgIpc) is 2.68. The number of hydrogen-bond donors (Lipinski definition) is 2. The van der Waals surface area contributed by atoms with Gasteiger partial charge in [0.25, 0.3) is 5.91 Å². The number of benzene rings is 1. The summed E-state index contributed by atoms with van der Waals surface area (Å²) in [5.74, 6) is -4.09. The number of halogens is 3. The summed E-state index contributed by atoms with van der Waals surface area (Å²) in [4.78, 5) is 23.8. The zero-order chi connectivity index (χ0) is 18.7. The molecule has 1 amide bonds. The van der Waals surface area contributed by atoms with Crippen LogP contribution in [0.3, 0.4) is 0 Å². The molecule has 3 rings (SSSR count). The van der Waals surface area contributed by atoms with E-state index in [9.17, 15) is 18.0 Å². The van der Waals surface area contributed by atoms with E-state index in [1.165, 1.54) is 0 Å². The Bertz CT molecular complexity index is 781. The van der Waals surface area contributed by atoms with Crippen molar-refractivity contribution in [2.45, 2.75) is 13.0 Å². The topological polar surface area (TPSA) is 62.6 Å². The summed E-state index contributed by atoms with van der Waals surface area (Å²) in [5, 5.41) is 2.34. The number of amides is 1. The van der Waals surface area contributed by atoms with Gasteiger partial charge in [0, 0.05) is 12.4 Å². The minimum atomic E-state index is -1.60. The van der Waals surface area contributed by atoms with Gasteiger partial charge in [-0.15, -0.1) is 0 Å². The zero-order valence-electron chi connectivity index (χ0n) is 14.2. The number of rotatable bonds is 4. The molecule has 0 spiro atoms. The van der Waals surface area contributed by atoms with Crippen molar-refractivity contribution >= 4 is 17.5 Å². The zero-order valence-corrected chi connectivity index (χ0v) is 14.2. The summed E-state index contributed by atoms with van der Waals surface area (Å²) >= 11 is 0. The van der Waals surface area contributed by atoms with Crippen molar-refractivity contribution in [1.29, 1.82) is 0 Å². The van der Waals surface area contributed by atoms with Gasteiger partial charge in [0.05, 0.1) is 31.9 Å². The Labute approximate surface area is 148 Å². The molecule has 9 heteroatoms. The first-order valence-corrected chi connectivity index (χ1v) is 8.28. The molecular formula is C17H19F3N5O+. The van der Waals surface area contributed by atoms with E-state index < -0.39 is 29.4 Å². The first kappa shape index (κ1) is 18.1. The third-order valence-corrected chi connectivity index (χ3v) is 4.54. The fraction of sp³-hybridized carbons (Fsp3) is 0.353. The summed E-state index contributed by atoms with van der Waals surface area (Å²) in [6, 6.07) is 3.07. The molecule has 1 atom stereocenters. The SMILES string of the molecule is C[C@H](C(=O)Nc1ccc(F)c(F)c1F)[NH+]1CCN(c2ncccn2)CC1. The molecule has 1 saturated heterocycles. The van der Waals surface area contributed by atoms with E-state index in [-0.39, 0.29) is 5.69 Å². The molecule has 138 valence electrons. The van der Waals surface area contributed by atoms with Gasteiger partial charge in [-0.2, -0.15) is 0 Å². The number of aromatic nitrogens is 2. The second-order valence-corrected chi connectivity index (χ2v) is 6.13. The van der Waals surface area contributed by atoms with Gasteiger partial charge in [-0.25, -0.2) is 23.1 Å². The lowest BCUT2D eigenvalue weighted by Crippen LogP contribution is -3.19. The van der Waals surface area contributed by atoms with E-state index in [1.54, 1.807) is 25.4 Å². The maximum absolute atomic E-state index is 13.7. The smallest absolute Gasteiger partial charge is 0.282 e. The number of piperazine rings is 1. The lowest BCUT2D eigenvalue weighted by molar-refractivity contribution is -0.914. The lowest BCUT2D eigenvalue weighted by atomic mass is 10.2. The summed E-state index contributed by atoms with van der Waals surface area (Å²) < 4.78 is 40.0. The highest BCUT2D eigenvalue weighted by molar-refractivity contribution is 5.93. The van der Waals surface area contributed by atoms with Crippen molar-refractivity contribution < 1.29 is 22.9 Å². The summed E-state index contributed by atoms with van der Waals surface area (Å²) in [6.07, 6.45) is 3.35. The van der Waals surface area contributed by atoms with Crippen LogP contribution in [0, 0.1) is 17.5 Å². The Kier molecular flexibility index (Phi) is 5.36. The second-order valence-electron chi connectivity index (χ2n) is 6.13. The summed E-state index contributed by atoms with van der Waals surface area (Å²) in [5.41, 5.74) is -0.364. The van der Waals surface area contributed by atoms with Gasteiger partial charge >= 0.3 is 0 Å². The van der Waals surface area contributed by atoms with Crippen LogP contribution in [0.1, 0.15) is 6.92 Å². The van der Waals surface area contributed by atoms with E-state index in [4.69, 9.17) is 0 Å². The molecule has 1 aliphatic rings. The molecule has 0 saturated carbocycles. The number of nitrogens with zero attached hydrogens (tertiary/aromatic N) is 3. The molecule has 2 aromatic rings. The van der Waals surface area contributed by atoms with Crippen LogP contribution in [-0.2, 0) is 4.79 Å². The highest BCUT2D eigenvalue weighted by atomic mass is 19.2. The van der Waals surface area contributed by atoms with Gasteiger partial charge < -0.3 is 15.1 Å². The molecule has 26 heavy (non-hydrogen) atoms. The molecule has 6 nitrogen and oxygen atoms in total. The minimum absolute atomic E-state index is 0.364. The molecular weight excluding hydrogens is 347 g/mol. The predicted molar refractivity (Wildman–Crippen MR) is 89.3 cm³/mol. The number of anilines is 2. The third kappa shape index (κ3) is 3.77. The van der Waals surface area contributed by atoms with Crippen molar-refractivity contribution in [3.05, 3.63) is 48.0 Å². The van der Waals surface area contributed by atoms with Crippen LogP contribution in [0.2, 0.25) is 0 Å². The van der Waals surface area contributed by atoms with Crippen molar-refractivity contribution in [2.75, 3.05) is 36.4 Å². The van der Waals surface area contributed by atoms with Gasteiger partial charge in [-0.05, 0) is 25.1 Å². The monoisotopic (exact) mass is 366 g/mol. The molecule has 1 aromatic heterocycles. The lowest BCUT2D eigenvalue weighted by Gasteiger charge is -2.34. The van der Waals surface area contributed by atoms with Crippen molar-refractivity contribution in [3.63, 3.8) is 0 Å². The molecule has 0 aliphatic carbocycles. The van der Waals surface area contributed by atoms with E-state index in [1.807, 2.05) is 4.90 Å². The van der Waals surface area contributed by atoms with Gasteiger partial charge in [0.2, 0.25) is 5.95 Å². The fourth-order valence-electron chi connectivity index (χ4n) is 2.93. The molecule has 2 heterocycles. The fourth-order valence-corrected chi connectivity index (χ4v) is 2.93. The quantitative estimate of drug-likeness (QED) is 0.779. The van der Waals surface area contributed by atoms with Crippen molar-refractivity contribution in [1.82, 2.24) is 9.97 Å². The molecule has 0 bridgehead atoms. The molecule has 1 fully saturated rings. The van der Waals surface area contributed by atoms with Gasteiger partial charge in [0.15, 0.2) is 23.5 Å². The number of nitrogens with one attached hydrogen (secondary N) is 2. The van der Waals surface area contributed by atoms with Crippen LogP contribution >= 0.6 is 0 Å². The van der Waals surface area contributed by atoms with E-state index >= 15 is 0 Å². The summed E-state index contributed by atoms with van der Waals surface area (Å²) in [6.45, 7) is 4.42. The van der Waals surface area contributed by atoms with Crippen LogP contribution in [0.25, 0.3) is 0 Å². The molecule has 0 radical (unpaired) electrons. The maximum atomic E-state index is 13.7. The standard InChI is InChI=1S/C17H18F3N5O/c1-11(16(26)23-13-4-3-12(18)14(19)15(13)20)24-7-9-25(10-8-24)17-21-5-2-6-22-17/h2-6,11H,7-10H2,1H3,(H,23,26)/p+1/t11-/m1/s1. The Morgan fingerprint density at radius 2 is 1.81 bits per heavy atom. The predicted octanol–water partition coefficient (Wildman–Crippen LogP) is 0.626. The third-order valence-electron chi connectivity index (χ3n) is 4.54. The number of carbonyl (C=O) groups is 1. The van der Waals surface area contributed by atoms with Crippen LogP contribution in [0.5, 0.6) is 0 Å². The van der Waals surface area contributed by atoms with Crippen LogP contribution in [0.15, 0.2) is 30.6 Å². The van der Waals surface area contributed by atoms with Gasteiger partial charge in [-0.3, -0.25) is 4.79 Å². The Morgan fingerprint density at radius 1 is 1.15 bits per heavy atom. The minimum Gasteiger partial charge on any atom is -0.330 e. The highest BCUT2D eigenvalue weighted by Gasteiger charge is 2.30. The summed E-state index contributed by atoms with van der Waals surface area (Å²) in [7, 11) is 0. The van der Waals surface area contributed by atoms with Crippen LogP contribution in [-0.4, -0.2) is 48.1 Å². The Hall–Kier alpha value is -2.68. The molecule has 1 aromatic carbocycles. The van der Waals surface area contributed by atoms with Gasteiger partial charge in [-0.1, -0.05) is 0 Å². The first-order valence-electron chi connectivity index (χ1n) is 8.28. The normalized spacial score (nSPS) is 16.4. The number of hydrogen-bond acceptors (Lipinski definition) is 4. The second kappa shape index (κ2) is 7.69. The van der Waals surface area contributed by atoms with E-state index in [0.717, 1.165) is 17.0 Å². The largest absolute Gasteiger partial charge is 0.330 e. The Balaban J connectivity index is 1.59. The Morgan fingerprint density at radius 3 is 2.46 bits per heavy atom. The van der Waals surface area contributed by atoms with Crippen LogP contribution in [0.4, 0.5) is 24.8 Å². The highest BCUT2D eigenvalue weighted by Crippen LogP contribution is 2.19. The maximum Gasteiger partial charge on any atom is 0.282 e. The first-order chi connectivity index (χ1) is 12.5. The molecule has 2 N–H and O–H groups in total. The number of quaternary nitrogens is 1. The van der Waals surface area contributed by atoms with E-state index in [2.05, 4.69) is 15.3 Å². The average molecular weight is 366 g/mol. The van der Waals surface area contributed by atoms with Crippen molar-refractivity contribution in [2.24, 2.45) is 0 Å².